The van der Waals surface area contributed by atoms with Gasteiger partial charge in [0.05, 0.1) is 4.75 Å². The second-order valence-electron chi connectivity index (χ2n) is 4.40. The van der Waals surface area contributed by atoms with E-state index in [1.165, 1.54) is 11.8 Å². The van der Waals surface area contributed by atoms with E-state index in [0.29, 0.717) is 13.0 Å². The Bertz CT molecular complexity index is 392. The molecular formula is C13H18BrNO2S. The van der Waals surface area contributed by atoms with Crippen molar-refractivity contribution in [2.75, 3.05) is 13.2 Å². The van der Waals surface area contributed by atoms with Crippen molar-refractivity contribution in [3.63, 3.8) is 0 Å². The summed E-state index contributed by atoms with van der Waals surface area (Å²) >= 11 is 4.91. The maximum Gasteiger partial charge on any atom is 0.236 e. The van der Waals surface area contributed by atoms with Gasteiger partial charge in [0, 0.05) is 22.5 Å². The quantitative estimate of drug-likeness (QED) is 0.622. The van der Waals surface area contributed by atoms with Crippen molar-refractivity contribution < 1.29 is 9.90 Å². The van der Waals surface area contributed by atoms with Gasteiger partial charge in [-0.05, 0) is 44.5 Å². The Balaban J connectivity index is 2.57. The number of aliphatic hydroxyl groups excluding tert-OH is 1. The lowest BCUT2D eigenvalue weighted by molar-refractivity contribution is -0.122. The molecule has 2 N–H and O–H groups in total. The number of carbonyl (C=O) groups excluding carboxylic acids is 1. The highest BCUT2D eigenvalue weighted by Crippen LogP contribution is 2.33. The fraction of sp³-hybridized carbons (Fsp3) is 0.462. The van der Waals surface area contributed by atoms with Crippen LogP contribution in [0.25, 0.3) is 0 Å². The lowest BCUT2D eigenvalue weighted by Gasteiger charge is -2.23. The van der Waals surface area contributed by atoms with E-state index in [4.69, 9.17) is 5.11 Å². The molecular weight excluding hydrogens is 314 g/mol. The van der Waals surface area contributed by atoms with Crippen molar-refractivity contribution in [3.05, 3.63) is 28.7 Å². The van der Waals surface area contributed by atoms with Crippen LogP contribution in [-0.2, 0) is 4.79 Å². The summed E-state index contributed by atoms with van der Waals surface area (Å²) in [4.78, 5) is 13.0. The van der Waals surface area contributed by atoms with Crippen molar-refractivity contribution >= 4 is 33.6 Å². The molecule has 1 aromatic rings. The van der Waals surface area contributed by atoms with Crippen LogP contribution < -0.4 is 5.32 Å². The minimum atomic E-state index is -0.525. The number of rotatable bonds is 6. The zero-order valence-electron chi connectivity index (χ0n) is 10.6. The van der Waals surface area contributed by atoms with E-state index in [-0.39, 0.29) is 12.5 Å². The van der Waals surface area contributed by atoms with Gasteiger partial charge in [-0.1, -0.05) is 15.9 Å². The number of amides is 1. The number of hydrogen-bond donors (Lipinski definition) is 2. The van der Waals surface area contributed by atoms with Crippen molar-refractivity contribution in [3.8, 4) is 0 Å². The highest BCUT2D eigenvalue weighted by molar-refractivity contribution is 9.10. The Morgan fingerprint density at radius 1 is 1.39 bits per heavy atom. The first-order valence-electron chi connectivity index (χ1n) is 5.79. The molecule has 0 heterocycles. The van der Waals surface area contributed by atoms with Gasteiger partial charge in [0.2, 0.25) is 5.91 Å². The molecule has 0 aromatic heterocycles. The van der Waals surface area contributed by atoms with Crippen LogP contribution in [0.2, 0.25) is 0 Å². The topological polar surface area (TPSA) is 49.3 Å². The minimum absolute atomic E-state index is 0.0103. The predicted molar refractivity (Wildman–Crippen MR) is 78.8 cm³/mol. The zero-order chi connectivity index (χ0) is 13.6. The van der Waals surface area contributed by atoms with Gasteiger partial charge in [-0.3, -0.25) is 4.79 Å². The molecule has 0 radical (unpaired) electrons. The first-order valence-corrected chi connectivity index (χ1v) is 7.40. The standard InChI is InChI=1S/C13H18BrNO2S/c1-13(2,12(17)15-8-3-9-16)18-11-6-4-10(14)5-7-11/h4-7,16H,3,8-9H2,1-2H3,(H,15,17). The molecule has 0 saturated heterocycles. The van der Waals surface area contributed by atoms with Crippen LogP contribution in [0.3, 0.4) is 0 Å². The lowest BCUT2D eigenvalue weighted by atomic mass is 10.2. The molecule has 5 heteroatoms. The smallest absolute Gasteiger partial charge is 0.236 e. The number of aliphatic hydroxyl groups is 1. The number of thioether (sulfide) groups is 1. The molecule has 18 heavy (non-hydrogen) atoms. The summed E-state index contributed by atoms with van der Waals surface area (Å²) in [5.74, 6) is -0.0103. The van der Waals surface area contributed by atoms with Crippen LogP contribution in [-0.4, -0.2) is 28.9 Å². The third kappa shape index (κ3) is 5.00. The average Bonchev–Trinajstić information content (AvgIpc) is 2.32. The highest BCUT2D eigenvalue weighted by atomic mass is 79.9. The second kappa shape index (κ2) is 7.16. The third-order valence-corrected chi connectivity index (χ3v) is 4.09. The number of carbonyl (C=O) groups is 1. The van der Waals surface area contributed by atoms with E-state index in [2.05, 4.69) is 21.2 Å². The Kier molecular flexibility index (Phi) is 6.18. The molecule has 100 valence electrons. The normalized spacial score (nSPS) is 11.3. The van der Waals surface area contributed by atoms with E-state index in [0.717, 1.165) is 9.37 Å². The van der Waals surface area contributed by atoms with Crippen molar-refractivity contribution in [1.29, 1.82) is 0 Å². The molecule has 1 amide bonds. The summed E-state index contributed by atoms with van der Waals surface area (Å²) in [6.07, 6.45) is 0.588. The van der Waals surface area contributed by atoms with E-state index in [1.54, 1.807) is 0 Å². The van der Waals surface area contributed by atoms with Gasteiger partial charge in [-0.2, -0.15) is 0 Å². The molecule has 0 saturated carbocycles. The molecule has 0 spiro atoms. The van der Waals surface area contributed by atoms with Crippen LogP contribution in [0, 0.1) is 0 Å². The molecule has 1 rings (SSSR count). The molecule has 0 atom stereocenters. The third-order valence-electron chi connectivity index (χ3n) is 2.35. The Morgan fingerprint density at radius 3 is 2.56 bits per heavy atom. The molecule has 0 unspecified atom stereocenters. The number of halogens is 1. The predicted octanol–water partition coefficient (Wildman–Crippen LogP) is 2.82. The summed E-state index contributed by atoms with van der Waals surface area (Å²) < 4.78 is 0.501. The van der Waals surface area contributed by atoms with E-state index in [1.807, 2.05) is 38.1 Å². The summed E-state index contributed by atoms with van der Waals surface area (Å²) in [5, 5.41) is 11.5. The summed E-state index contributed by atoms with van der Waals surface area (Å²) in [6.45, 7) is 4.40. The second-order valence-corrected chi connectivity index (χ2v) is 7.01. The van der Waals surface area contributed by atoms with Gasteiger partial charge >= 0.3 is 0 Å². The fourth-order valence-corrected chi connectivity index (χ4v) is 2.63. The molecule has 0 aliphatic carbocycles. The average molecular weight is 332 g/mol. The van der Waals surface area contributed by atoms with Gasteiger partial charge in [0.1, 0.15) is 0 Å². The minimum Gasteiger partial charge on any atom is -0.396 e. The fourth-order valence-electron chi connectivity index (χ4n) is 1.34. The van der Waals surface area contributed by atoms with Gasteiger partial charge < -0.3 is 10.4 Å². The van der Waals surface area contributed by atoms with E-state index >= 15 is 0 Å². The van der Waals surface area contributed by atoms with Gasteiger partial charge in [0.15, 0.2) is 0 Å². The number of hydrogen-bond acceptors (Lipinski definition) is 3. The molecule has 0 aliphatic heterocycles. The van der Waals surface area contributed by atoms with E-state index in [9.17, 15) is 4.79 Å². The molecule has 0 bridgehead atoms. The first kappa shape index (κ1) is 15.5. The van der Waals surface area contributed by atoms with Crippen LogP contribution >= 0.6 is 27.7 Å². The highest BCUT2D eigenvalue weighted by Gasteiger charge is 2.28. The Hall–Kier alpha value is -0.520. The Morgan fingerprint density at radius 2 is 2.00 bits per heavy atom. The van der Waals surface area contributed by atoms with Gasteiger partial charge in [-0.25, -0.2) is 0 Å². The van der Waals surface area contributed by atoms with Crippen LogP contribution in [0.15, 0.2) is 33.6 Å². The maximum absolute atomic E-state index is 12.0. The lowest BCUT2D eigenvalue weighted by Crippen LogP contribution is -2.40. The van der Waals surface area contributed by atoms with Crippen molar-refractivity contribution in [1.82, 2.24) is 5.32 Å². The molecule has 1 aromatic carbocycles. The van der Waals surface area contributed by atoms with Crippen LogP contribution in [0.5, 0.6) is 0 Å². The van der Waals surface area contributed by atoms with Crippen molar-refractivity contribution in [2.45, 2.75) is 29.9 Å². The summed E-state index contributed by atoms with van der Waals surface area (Å²) in [5.41, 5.74) is 0. The summed E-state index contributed by atoms with van der Waals surface area (Å²) in [7, 11) is 0. The first-order chi connectivity index (χ1) is 8.45. The number of nitrogens with one attached hydrogen (secondary N) is 1. The largest absolute Gasteiger partial charge is 0.396 e. The van der Waals surface area contributed by atoms with Crippen LogP contribution in [0.4, 0.5) is 0 Å². The van der Waals surface area contributed by atoms with Crippen molar-refractivity contribution in [2.24, 2.45) is 0 Å². The summed E-state index contributed by atoms with van der Waals surface area (Å²) in [6, 6.07) is 7.89. The Labute approximate surface area is 120 Å². The maximum atomic E-state index is 12.0. The molecule has 0 fully saturated rings. The van der Waals surface area contributed by atoms with Gasteiger partial charge in [-0.15, -0.1) is 11.8 Å². The zero-order valence-corrected chi connectivity index (χ0v) is 13.0. The van der Waals surface area contributed by atoms with Crippen LogP contribution in [0.1, 0.15) is 20.3 Å². The molecule has 0 aliphatic rings. The SMILES string of the molecule is CC(C)(Sc1ccc(Br)cc1)C(=O)NCCCO. The number of benzene rings is 1. The monoisotopic (exact) mass is 331 g/mol. The van der Waals surface area contributed by atoms with Gasteiger partial charge in [0.25, 0.3) is 0 Å². The van der Waals surface area contributed by atoms with E-state index < -0.39 is 4.75 Å². The molecule has 3 nitrogen and oxygen atoms in total.